The summed E-state index contributed by atoms with van der Waals surface area (Å²) in [4.78, 5) is 10.0. The van der Waals surface area contributed by atoms with Crippen LogP contribution < -0.4 is 0 Å². The second-order valence-corrected chi connectivity index (χ2v) is 7.96. The highest BCUT2D eigenvalue weighted by molar-refractivity contribution is 7.91. The quantitative estimate of drug-likeness (QED) is 0.560. The molecule has 0 amide bonds. The Hall–Kier alpha value is -0.740. The summed E-state index contributed by atoms with van der Waals surface area (Å²) in [5.74, 6) is 0. The van der Waals surface area contributed by atoms with E-state index in [1.165, 1.54) is 11.4 Å². The molecular formula is C10H15ClN2O5S2. The number of sulfonamides is 1. The molecule has 1 aromatic rings. The van der Waals surface area contributed by atoms with Crippen LogP contribution in [0, 0.1) is 10.1 Å². The topological polar surface area (TPSA) is 89.8 Å². The summed E-state index contributed by atoms with van der Waals surface area (Å²) < 4.78 is 30.8. The number of nitro groups is 1. The average Bonchev–Trinajstić information content (AvgIpc) is 2.72. The van der Waals surface area contributed by atoms with Gasteiger partial charge in [-0.3, -0.25) is 10.1 Å². The molecule has 0 aliphatic rings. The maximum atomic E-state index is 12.5. The van der Waals surface area contributed by atoms with Crippen LogP contribution in [0.5, 0.6) is 0 Å². The van der Waals surface area contributed by atoms with E-state index in [2.05, 4.69) is 0 Å². The second kappa shape index (κ2) is 6.81. The summed E-state index contributed by atoms with van der Waals surface area (Å²) in [7, 11) is -2.35. The van der Waals surface area contributed by atoms with Crippen LogP contribution in [-0.4, -0.2) is 43.9 Å². The first kappa shape index (κ1) is 17.3. The van der Waals surface area contributed by atoms with Gasteiger partial charge in [0.25, 0.3) is 15.7 Å². The Morgan fingerprint density at radius 2 is 2.15 bits per heavy atom. The zero-order valence-corrected chi connectivity index (χ0v) is 13.6. The Morgan fingerprint density at radius 1 is 1.55 bits per heavy atom. The summed E-state index contributed by atoms with van der Waals surface area (Å²) in [5, 5.41) is 10.7. The van der Waals surface area contributed by atoms with E-state index in [1.807, 2.05) is 0 Å². The van der Waals surface area contributed by atoms with Crippen molar-refractivity contribution in [3.05, 3.63) is 20.5 Å². The molecule has 0 atom stereocenters. The molecule has 7 nitrogen and oxygen atoms in total. The number of rotatable bonds is 7. The summed E-state index contributed by atoms with van der Waals surface area (Å²) >= 11 is 6.39. The van der Waals surface area contributed by atoms with Gasteiger partial charge in [-0.25, -0.2) is 8.42 Å². The molecule has 0 fully saturated rings. The molecule has 1 rings (SSSR count). The summed E-state index contributed by atoms with van der Waals surface area (Å²) in [5.41, 5.74) is -0.398. The van der Waals surface area contributed by atoms with E-state index in [-0.39, 0.29) is 27.7 Å². The Labute approximate surface area is 126 Å². The van der Waals surface area contributed by atoms with Crippen LogP contribution >= 0.6 is 22.9 Å². The van der Waals surface area contributed by atoms with Crippen LogP contribution in [0.1, 0.15) is 13.8 Å². The van der Waals surface area contributed by atoms with Crippen LogP contribution in [0.2, 0.25) is 4.34 Å². The predicted octanol–water partition coefficient (Wildman–Crippen LogP) is 2.36. The maximum Gasteiger partial charge on any atom is 0.300 e. The molecule has 0 radical (unpaired) electrons. The summed E-state index contributed by atoms with van der Waals surface area (Å²) in [6.45, 7) is 3.84. The number of thiophene rings is 1. The van der Waals surface area contributed by atoms with Gasteiger partial charge in [0.2, 0.25) is 0 Å². The highest BCUT2D eigenvalue weighted by atomic mass is 35.5. The van der Waals surface area contributed by atoms with Crippen LogP contribution in [0.25, 0.3) is 0 Å². The van der Waals surface area contributed by atoms with E-state index in [4.69, 9.17) is 16.3 Å². The van der Waals surface area contributed by atoms with Gasteiger partial charge in [0.15, 0.2) is 4.34 Å². The molecule has 20 heavy (non-hydrogen) atoms. The molecule has 0 aliphatic carbocycles. The predicted molar refractivity (Wildman–Crippen MR) is 76.9 cm³/mol. The third-order valence-corrected chi connectivity index (χ3v) is 6.36. The highest BCUT2D eigenvalue weighted by Gasteiger charge is 2.31. The van der Waals surface area contributed by atoms with Crippen molar-refractivity contribution >= 4 is 38.6 Å². The van der Waals surface area contributed by atoms with Crippen molar-refractivity contribution < 1.29 is 18.1 Å². The SMILES string of the molecule is COCCN(C(C)C)S(=O)(=O)c1cc([N+](=O)[O-])c(Cl)s1. The van der Waals surface area contributed by atoms with Crippen LogP contribution in [0.15, 0.2) is 10.3 Å². The van der Waals surface area contributed by atoms with Gasteiger partial charge < -0.3 is 4.74 Å². The molecule has 0 spiro atoms. The van der Waals surface area contributed by atoms with E-state index in [9.17, 15) is 18.5 Å². The third-order valence-electron chi connectivity index (χ3n) is 2.50. The molecule has 0 aliphatic heterocycles. The van der Waals surface area contributed by atoms with E-state index in [0.29, 0.717) is 11.3 Å². The molecule has 0 N–H and O–H groups in total. The lowest BCUT2D eigenvalue weighted by atomic mass is 10.4. The number of nitrogens with zero attached hydrogens (tertiary/aromatic N) is 2. The van der Waals surface area contributed by atoms with E-state index >= 15 is 0 Å². The van der Waals surface area contributed by atoms with E-state index in [0.717, 1.165) is 6.07 Å². The van der Waals surface area contributed by atoms with Gasteiger partial charge in [-0.05, 0) is 13.8 Å². The zero-order valence-electron chi connectivity index (χ0n) is 11.2. The zero-order chi connectivity index (χ0) is 15.5. The van der Waals surface area contributed by atoms with Gasteiger partial charge in [-0.1, -0.05) is 11.6 Å². The molecule has 0 saturated carbocycles. The van der Waals surface area contributed by atoms with Gasteiger partial charge in [-0.15, -0.1) is 11.3 Å². The van der Waals surface area contributed by atoms with Crippen molar-refractivity contribution in [2.75, 3.05) is 20.3 Å². The smallest absolute Gasteiger partial charge is 0.300 e. The molecule has 114 valence electrons. The Morgan fingerprint density at radius 3 is 2.55 bits per heavy atom. The summed E-state index contributed by atoms with van der Waals surface area (Å²) in [6, 6.07) is 0.694. The van der Waals surface area contributed by atoms with Gasteiger partial charge in [0, 0.05) is 25.8 Å². The number of hydrogen-bond donors (Lipinski definition) is 0. The second-order valence-electron chi connectivity index (χ2n) is 4.18. The van der Waals surface area contributed by atoms with Crippen molar-refractivity contribution in [1.82, 2.24) is 4.31 Å². The first-order chi connectivity index (χ1) is 9.21. The van der Waals surface area contributed by atoms with Gasteiger partial charge in [0.1, 0.15) is 4.21 Å². The van der Waals surface area contributed by atoms with Crippen molar-refractivity contribution in [1.29, 1.82) is 0 Å². The molecule has 0 aromatic carbocycles. The number of ether oxygens (including phenoxy) is 1. The highest BCUT2D eigenvalue weighted by Crippen LogP contribution is 2.37. The van der Waals surface area contributed by atoms with Crippen molar-refractivity contribution in [2.24, 2.45) is 0 Å². The fourth-order valence-electron chi connectivity index (χ4n) is 1.54. The van der Waals surface area contributed by atoms with Crippen LogP contribution in [0.3, 0.4) is 0 Å². The van der Waals surface area contributed by atoms with Crippen molar-refractivity contribution in [3.8, 4) is 0 Å². The van der Waals surface area contributed by atoms with Gasteiger partial charge in [0.05, 0.1) is 11.5 Å². The molecule has 1 heterocycles. The minimum absolute atomic E-state index is 0.140. The molecular weight excluding hydrogens is 328 g/mol. The lowest BCUT2D eigenvalue weighted by molar-refractivity contribution is -0.384. The molecule has 0 bridgehead atoms. The van der Waals surface area contributed by atoms with Crippen molar-refractivity contribution in [3.63, 3.8) is 0 Å². The Bertz CT molecular complexity index is 584. The average molecular weight is 343 g/mol. The van der Waals surface area contributed by atoms with Gasteiger partial charge in [-0.2, -0.15) is 4.31 Å². The molecule has 0 unspecified atom stereocenters. The van der Waals surface area contributed by atoms with Gasteiger partial charge >= 0.3 is 0 Å². The first-order valence-electron chi connectivity index (χ1n) is 5.66. The number of halogens is 1. The van der Waals surface area contributed by atoms with Crippen LogP contribution in [-0.2, 0) is 14.8 Å². The summed E-state index contributed by atoms with van der Waals surface area (Å²) in [6.07, 6.45) is 0. The Balaban J connectivity index is 3.19. The third kappa shape index (κ3) is 3.67. The standard InChI is InChI=1S/C10H15ClN2O5S2/c1-7(2)12(4-5-18-3)20(16,17)9-6-8(13(14)15)10(11)19-9/h6-7H,4-5H2,1-3H3. The molecule has 0 saturated heterocycles. The Kier molecular flexibility index (Phi) is 5.90. The lowest BCUT2D eigenvalue weighted by Gasteiger charge is -2.24. The minimum atomic E-state index is -3.82. The fourth-order valence-corrected chi connectivity index (χ4v) is 4.96. The molecule has 1 aromatic heterocycles. The molecule has 10 heteroatoms. The lowest BCUT2D eigenvalue weighted by Crippen LogP contribution is -2.38. The maximum absolute atomic E-state index is 12.5. The minimum Gasteiger partial charge on any atom is -0.383 e. The number of hydrogen-bond acceptors (Lipinski definition) is 6. The van der Waals surface area contributed by atoms with E-state index in [1.54, 1.807) is 13.8 Å². The van der Waals surface area contributed by atoms with Crippen LogP contribution in [0.4, 0.5) is 5.69 Å². The number of methoxy groups -OCH3 is 1. The largest absolute Gasteiger partial charge is 0.383 e. The van der Waals surface area contributed by atoms with Crippen molar-refractivity contribution in [2.45, 2.75) is 24.1 Å². The van der Waals surface area contributed by atoms with E-state index < -0.39 is 20.6 Å². The monoisotopic (exact) mass is 342 g/mol. The normalized spacial score (nSPS) is 12.3. The fraction of sp³-hybridized carbons (Fsp3) is 0.600. The first-order valence-corrected chi connectivity index (χ1v) is 8.29.